The molecule has 0 aliphatic carbocycles. The molecule has 0 bridgehead atoms. The van der Waals surface area contributed by atoms with Crippen LogP contribution in [0.4, 0.5) is 5.69 Å². The second kappa shape index (κ2) is 6.10. The zero-order valence-electron chi connectivity index (χ0n) is 9.67. The third-order valence-corrected chi connectivity index (χ3v) is 2.79. The van der Waals surface area contributed by atoms with Gasteiger partial charge in [-0.05, 0) is 12.1 Å². The van der Waals surface area contributed by atoms with E-state index in [4.69, 9.17) is 33.7 Å². The van der Waals surface area contributed by atoms with E-state index < -0.39 is 0 Å². The van der Waals surface area contributed by atoms with Gasteiger partial charge in [0.1, 0.15) is 0 Å². The van der Waals surface area contributed by atoms with E-state index in [1.807, 2.05) is 0 Å². The van der Waals surface area contributed by atoms with Crippen LogP contribution in [0.25, 0.3) is 0 Å². The topological polar surface area (TPSA) is 55.6 Å². The number of anilines is 1. The first-order valence-corrected chi connectivity index (χ1v) is 5.76. The van der Waals surface area contributed by atoms with Gasteiger partial charge in [0.25, 0.3) is 0 Å². The van der Waals surface area contributed by atoms with Crippen LogP contribution < -0.4 is 15.4 Å². The maximum Gasteiger partial charge on any atom is 0.228 e. The Labute approximate surface area is 110 Å². The molecule has 1 rings (SSSR count). The first-order valence-electron chi connectivity index (χ1n) is 5.01. The third-order valence-electron chi connectivity index (χ3n) is 2.29. The number of benzene rings is 1. The number of rotatable bonds is 4. The lowest BCUT2D eigenvalue weighted by molar-refractivity contribution is -0.118. The number of carbonyl (C=O) groups is 1. The van der Waals surface area contributed by atoms with Crippen molar-refractivity contribution in [1.82, 2.24) is 0 Å². The van der Waals surface area contributed by atoms with E-state index in [9.17, 15) is 4.79 Å². The summed E-state index contributed by atoms with van der Waals surface area (Å²) in [5, 5.41) is 0.806. The Bertz CT molecular complexity index is 424. The molecule has 2 N–H and O–H groups in total. The van der Waals surface area contributed by atoms with E-state index in [1.165, 1.54) is 12.0 Å². The molecule has 0 atom stereocenters. The summed E-state index contributed by atoms with van der Waals surface area (Å²) < 4.78 is 5.16. The highest BCUT2D eigenvalue weighted by Crippen LogP contribution is 2.38. The van der Waals surface area contributed by atoms with Gasteiger partial charge in [-0.15, -0.1) is 0 Å². The summed E-state index contributed by atoms with van der Waals surface area (Å²) >= 11 is 11.9. The second-order valence-corrected chi connectivity index (χ2v) is 4.28. The minimum atomic E-state index is -0.121. The van der Waals surface area contributed by atoms with Crippen molar-refractivity contribution in [3.63, 3.8) is 0 Å². The van der Waals surface area contributed by atoms with Gasteiger partial charge in [0.05, 0.1) is 17.8 Å². The fourth-order valence-corrected chi connectivity index (χ4v) is 1.98. The van der Waals surface area contributed by atoms with E-state index in [0.717, 1.165) is 0 Å². The van der Waals surface area contributed by atoms with Crippen LogP contribution in [-0.4, -0.2) is 26.6 Å². The molecule has 0 aliphatic rings. The van der Waals surface area contributed by atoms with Crippen molar-refractivity contribution in [2.24, 2.45) is 5.73 Å². The summed E-state index contributed by atoms with van der Waals surface area (Å²) in [6.07, 6.45) is 0.254. The first-order chi connectivity index (χ1) is 8.01. The lowest BCUT2D eigenvalue weighted by Gasteiger charge is -2.20. The van der Waals surface area contributed by atoms with Gasteiger partial charge in [-0.1, -0.05) is 23.2 Å². The second-order valence-electron chi connectivity index (χ2n) is 3.43. The molecular weight excluding hydrogens is 263 g/mol. The smallest absolute Gasteiger partial charge is 0.228 e. The Balaban J connectivity index is 3.15. The van der Waals surface area contributed by atoms with Crippen molar-refractivity contribution in [3.8, 4) is 5.75 Å². The third kappa shape index (κ3) is 3.25. The zero-order valence-corrected chi connectivity index (χ0v) is 11.2. The first kappa shape index (κ1) is 14.1. The largest absolute Gasteiger partial charge is 0.493 e. The van der Waals surface area contributed by atoms with Gasteiger partial charge in [-0.2, -0.15) is 0 Å². The Kier molecular flexibility index (Phi) is 5.05. The highest BCUT2D eigenvalue weighted by Gasteiger charge is 2.17. The van der Waals surface area contributed by atoms with Crippen LogP contribution in [0.5, 0.6) is 5.75 Å². The molecule has 1 aromatic carbocycles. The zero-order chi connectivity index (χ0) is 13.0. The molecule has 0 heterocycles. The number of methoxy groups -OCH3 is 1. The van der Waals surface area contributed by atoms with Crippen molar-refractivity contribution >= 4 is 34.8 Å². The maximum absolute atomic E-state index is 11.7. The SMILES string of the molecule is COc1c(Cl)cc(Cl)cc1N(C)C(=O)CCN. The number of amides is 1. The molecule has 0 aromatic heterocycles. The summed E-state index contributed by atoms with van der Waals surface area (Å²) in [4.78, 5) is 13.2. The average molecular weight is 277 g/mol. The Morgan fingerprint density at radius 2 is 2.12 bits per heavy atom. The minimum Gasteiger partial charge on any atom is -0.493 e. The van der Waals surface area contributed by atoms with Crippen molar-refractivity contribution < 1.29 is 9.53 Å². The molecule has 6 heteroatoms. The number of carbonyl (C=O) groups excluding carboxylic acids is 1. The average Bonchev–Trinajstić information content (AvgIpc) is 2.27. The molecule has 0 fully saturated rings. The van der Waals surface area contributed by atoms with Crippen LogP contribution >= 0.6 is 23.2 Å². The summed E-state index contributed by atoms with van der Waals surface area (Å²) in [7, 11) is 3.11. The van der Waals surface area contributed by atoms with Gasteiger partial charge in [0.15, 0.2) is 5.75 Å². The van der Waals surface area contributed by atoms with Crippen LogP contribution in [0.1, 0.15) is 6.42 Å². The van der Waals surface area contributed by atoms with Gasteiger partial charge >= 0.3 is 0 Å². The van der Waals surface area contributed by atoms with Crippen molar-refractivity contribution in [2.45, 2.75) is 6.42 Å². The van der Waals surface area contributed by atoms with Crippen LogP contribution in [-0.2, 0) is 4.79 Å². The molecule has 94 valence electrons. The Morgan fingerprint density at radius 1 is 1.47 bits per heavy atom. The highest BCUT2D eigenvalue weighted by molar-refractivity contribution is 6.36. The lowest BCUT2D eigenvalue weighted by Crippen LogP contribution is -2.28. The molecule has 0 radical (unpaired) electrons. The molecule has 1 amide bonds. The molecule has 0 saturated carbocycles. The van der Waals surface area contributed by atoms with Crippen molar-refractivity contribution in [2.75, 3.05) is 25.6 Å². The fraction of sp³-hybridized carbons (Fsp3) is 0.364. The van der Waals surface area contributed by atoms with Gasteiger partial charge < -0.3 is 15.4 Å². The van der Waals surface area contributed by atoms with Gasteiger partial charge in [-0.25, -0.2) is 0 Å². The Hall–Kier alpha value is -0.970. The molecule has 0 saturated heterocycles. The van der Waals surface area contributed by atoms with E-state index in [0.29, 0.717) is 28.0 Å². The quantitative estimate of drug-likeness (QED) is 0.918. The predicted molar refractivity (Wildman–Crippen MR) is 70.1 cm³/mol. The molecular formula is C11H14Cl2N2O2. The predicted octanol–water partition coefficient (Wildman–Crippen LogP) is 2.31. The molecule has 0 spiro atoms. The van der Waals surface area contributed by atoms with E-state index >= 15 is 0 Å². The monoisotopic (exact) mass is 276 g/mol. The number of ether oxygens (including phenoxy) is 1. The summed E-state index contributed by atoms with van der Waals surface area (Å²) in [5.74, 6) is 0.299. The number of nitrogens with two attached hydrogens (primary N) is 1. The van der Waals surface area contributed by atoms with E-state index in [1.54, 1.807) is 19.2 Å². The molecule has 0 unspecified atom stereocenters. The number of halogens is 2. The van der Waals surface area contributed by atoms with Crippen LogP contribution in [0.2, 0.25) is 10.0 Å². The normalized spacial score (nSPS) is 10.2. The molecule has 1 aromatic rings. The van der Waals surface area contributed by atoms with Crippen LogP contribution in [0.15, 0.2) is 12.1 Å². The molecule has 17 heavy (non-hydrogen) atoms. The summed E-state index contributed by atoms with van der Waals surface area (Å²) in [6, 6.07) is 3.19. The van der Waals surface area contributed by atoms with Crippen molar-refractivity contribution in [3.05, 3.63) is 22.2 Å². The maximum atomic E-state index is 11.7. The van der Waals surface area contributed by atoms with Gasteiger partial charge in [0, 0.05) is 25.0 Å². The van der Waals surface area contributed by atoms with E-state index in [-0.39, 0.29) is 12.3 Å². The van der Waals surface area contributed by atoms with Crippen LogP contribution in [0, 0.1) is 0 Å². The minimum absolute atomic E-state index is 0.121. The summed E-state index contributed by atoms with van der Waals surface area (Å²) in [5.41, 5.74) is 5.88. The van der Waals surface area contributed by atoms with Crippen LogP contribution in [0.3, 0.4) is 0 Å². The van der Waals surface area contributed by atoms with Crippen molar-refractivity contribution in [1.29, 1.82) is 0 Å². The number of hydrogen-bond donors (Lipinski definition) is 1. The summed E-state index contributed by atoms with van der Waals surface area (Å²) in [6.45, 7) is 0.291. The number of hydrogen-bond acceptors (Lipinski definition) is 3. The van der Waals surface area contributed by atoms with Gasteiger partial charge in [0.2, 0.25) is 5.91 Å². The highest BCUT2D eigenvalue weighted by atomic mass is 35.5. The lowest BCUT2D eigenvalue weighted by atomic mass is 10.2. The number of nitrogens with zero attached hydrogens (tertiary/aromatic N) is 1. The van der Waals surface area contributed by atoms with E-state index in [2.05, 4.69) is 0 Å². The standard InChI is InChI=1S/C11H14Cl2N2O2/c1-15(10(16)3-4-14)9-6-7(12)5-8(13)11(9)17-2/h5-6H,3-4,14H2,1-2H3. The fourth-order valence-electron chi connectivity index (χ4n) is 1.42. The Morgan fingerprint density at radius 3 is 2.65 bits per heavy atom. The van der Waals surface area contributed by atoms with Gasteiger partial charge in [-0.3, -0.25) is 4.79 Å². The molecule has 0 aliphatic heterocycles. The molecule has 4 nitrogen and oxygen atoms in total.